The van der Waals surface area contributed by atoms with E-state index in [1.807, 2.05) is 6.08 Å². The lowest BCUT2D eigenvalue weighted by molar-refractivity contribution is 1.52. The third kappa shape index (κ3) is 3.69. The summed E-state index contributed by atoms with van der Waals surface area (Å²) < 4.78 is 1.13. The molecule has 0 aliphatic rings. The number of rotatable bonds is 3. The number of benzene rings is 6. The fourth-order valence-corrected chi connectivity index (χ4v) is 5.73. The molecule has 35 heavy (non-hydrogen) atoms. The molecular weight excluding hydrogens is 488 g/mol. The second-order valence-corrected chi connectivity index (χ2v) is 9.66. The first kappa shape index (κ1) is 21.6. The van der Waals surface area contributed by atoms with E-state index >= 15 is 0 Å². The van der Waals surface area contributed by atoms with Crippen LogP contribution in [-0.2, 0) is 0 Å². The van der Waals surface area contributed by atoms with Gasteiger partial charge in [-0.2, -0.15) is 0 Å². The second-order valence-electron chi connectivity index (χ2n) is 8.87. The lowest BCUT2D eigenvalue weighted by Crippen LogP contribution is -2.22. The van der Waals surface area contributed by atoms with E-state index in [9.17, 15) is 0 Å². The smallest absolute Gasteiger partial charge is 0.0332 e. The van der Waals surface area contributed by atoms with Gasteiger partial charge in [-0.15, -0.1) is 0 Å². The Morgan fingerprint density at radius 3 is 1.86 bits per heavy atom. The highest BCUT2D eigenvalue weighted by atomic mass is 79.9. The van der Waals surface area contributed by atoms with Crippen LogP contribution < -0.4 is 10.4 Å². The van der Waals surface area contributed by atoms with Crippen LogP contribution in [0.3, 0.4) is 0 Å². The van der Waals surface area contributed by atoms with Crippen LogP contribution in [0.25, 0.3) is 67.2 Å². The predicted molar refractivity (Wildman–Crippen MR) is 157 cm³/mol. The Balaban J connectivity index is 1.64. The van der Waals surface area contributed by atoms with Crippen molar-refractivity contribution >= 4 is 60.9 Å². The lowest BCUT2D eigenvalue weighted by atomic mass is 9.91. The summed E-state index contributed by atoms with van der Waals surface area (Å²) in [4.78, 5) is 0. The fraction of sp³-hybridized carbons (Fsp3) is 0. The Hall–Kier alpha value is -3.94. The van der Waals surface area contributed by atoms with Crippen molar-refractivity contribution in [1.29, 1.82) is 0 Å². The normalized spacial score (nSPS) is 12.0. The van der Waals surface area contributed by atoms with Gasteiger partial charge in [0.25, 0.3) is 0 Å². The predicted octanol–water partition coefficient (Wildman–Crippen LogP) is 8.62. The summed E-state index contributed by atoms with van der Waals surface area (Å²) in [5.74, 6) is 0. The van der Waals surface area contributed by atoms with Crippen molar-refractivity contribution in [2.75, 3.05) is 0 Å². The molecule has 0 aliphatic heterocycles. The zero-order valence-corrected chi connectivity index (χ0v) is 20.8. The maximum absolute atomic E-state index is 4.26. The second kappa shape index (κ2) is 8.69. The van der Waals surface area contributed by atoms with Gasteiger partial charge in [0, 0.05) is 4.47 Å². The van der Waals surface area contributed by atoms with E-state index in [0.717, 1.165) is 20.5 Å². The summed E-state index contributed by atoms with van der Waals surface area (Å²) >= 11 is 3.95. The zero-order chi connectivity index (χ0) is 23.9. The van der Waals surface area contributed by atoms with E-state index < -0.39 is 0 Å². The van der Waals surface area contributed by atoms with Gasteiger partial charge in [-0.3, -0.25) is 0 Å². The Morgan fingerprint density at radius 2 is 1.20 bits per heavy atom. The number of fused-ring (bicyclic) bond motifs is 3. The molecule has 0 amide bonds. The van der Waals surface area contributed by atoms with Gasteiger partial charge in [0.05, 0.1) is 0 Å². The first-order valence-corrected chi connectivity index (χ1v) is 12.5. The van der Waals surface area contributed by atoms with Crippen LogP contribution in [-0.4, -0.2) is 0 Å². The van der Waals surface area contributed by atoms with E-state index in [0.29, 0.717) is 0 Å². The van der Waals surface area contributed by atoms with Gasteiger partial charge in [-0.25, -0.2) is 0 Å². The van der Waals surface area contributed by atoms with Gasteiger partial charge in [-0.1, -0.05) is 110 Å². The van der Waals surface area contributed by atoms with Crippen LogP contribution in [0.5, 0.6) is 0 Å². The van der Waals surface area contributed by atoms with Crippen molar-refractivity contribution in [3.8, 4) is 22.3 Å². The summed E-state index contributed by atoms with van der Waals surface area (Å²) in [5, 5.41) is 9.48. The molecule has 0 radical (unpaired) electrons. The third-order valence-corrected chi connectivity index (χ3v) is 7.64. The van der Waals surface area contributed by atoms with Gasteiger partial charge in [0.2, 0.25) is 0 Å². The van der Waals surface area contributed by atoms with Crippen LogP contribution in [0.1, 0.15) is 0 Å². The van der Waals surface area contributed by atoms with E-state index in [1.54, 1.807) is 6.08 Å². The molecular formula is C34H23Br. The Bertz CT molecular complexity index is 1890. The molecule has 0 saturated carbocycles. The van der Waals surface area contributed by atoms with Crippen molar-refractivity contribution in [3.05, 3.63) is 131 Å². The highest BCUT2D eigenvalue weighted by molar-refractivity contribution is 9.10. The van der Waals surface area contributed by atoms with Gasteiger partial charge < -0.3 is 0 Å². The average molecular weight is 511 g/mol. The molecule has 0 nitrogen and oxygen atoms in total. The highest BCUT2D eigenvalue weighted by Gasteiger charge is 2.13. The molecule has 0 aromatic heterocycles. The van der Waals surface area contributed by atoms with E-state index in [2.05, 4.69) is 132 Å². The fourth-order valence-electron chi connectivity index (χ4n) is 5.04. The molecule has 0 fully saturated rings. The van der Waals surface area contributed by atoms with Gasteiger partial charge >= 0.3 is 0 Å². The van der Waals surface area contributed by atoms with Crippen molar-refractivity contribution in [2.24, 2.45) is 0 Å². The van der Waals surface area contributed by atoms with E-state index in [4.69, 9.17) is 0 Å². The lowest BCUT2D eigenvalue weighted by Gasteiger charge is -2.14. The van der Waals surface area contributed by atoms with Crippen molar-refractivity contribution in [1.82, 2.24) is 0 Å². The summed E-state index contributed by atoms with van der Waals surface area (Å²) in [7, 11) is 0. The van der Waals surface area contributed by atoms with E-state index in [-0.39, 0.29) is 0 Å². The molecule has 0 N–H and O–H groups in total. The number of allylic oxidation sites excluding steroid dienone is 1. The first-order chi connectivity index (χ1) is 17.1. The minimum Gasteiger partial charge on any atom is -0.0990 e. The summed E-state index contributed by atoms with van der Waals surface area (Å²) in [5.41, 5.74) is 4.83. The molecule has 6 aromatic carbocycles. The van der Waals surface area contributed by atoms with Crippen LogP contribution in [0, 0.1) is 0 Å². The third-order valence-electron chi connectivity index (χ3n) is 6.79. The van der Waals surface area contributed by atoms with Crippen LogP contribution >= 0.6 is 15.9 Å². The van der Waals surface area contributed by atoms with Crippen molar-refractivity contribution < 1.29 is 0 Å². The maximum atomic E-state index is 4.26. The monoisotopic (exact) mass is 510 g/mol. The first-order valence-electron chi connectivity index (χ1n) is 11.7. The van der Waals surface area contributed by atoms with Crippen LogP contribution in [0.15, 0.2) is 120 Å². The van der Waals surface area contributed by atoms with Gasteiger partial charge in [0.15, 0.2) is 0 Å². The molecule has 166 valence electrons. The Morgan fingerprint density at radius 1 is 0.571 bits per heavy atom. The summed E-state index contributed by atoms with van der Waals surface area (Å²) in [6.45, 7) is 8.08. The van der Waals surface area contributed by atoms with Crippen molar-refractivity contribution in [2.45, 2.75) is 0 Å². The molecule has 1 heteroatoms. The van der Waals surface area contributed by atoms with E-state index in [1.165, 1.54) is 49.0 Å². The molecule has 6 aromatic rings. The molecule has 0 spiro atoms. The molecule has 0 aliphatic carbocycles. The molecule has 0 bridgehead atoms. The standard InChI is InChI=1S/C34H23Br/c1-3-8-23-15-17-26(19-22(23)2)28-11-6-13-30-32(28)21-33-29(12-7-14-31(33)34(30)35)27-18-16-24-9-4-5-10-25(24)20-27/h3-21H,1-2H2/b23-8-. The van der Waals surface area contributed by atoms with Crippen LogP contribution in [0.4, 0.5) is 0 Å². The highest BCUT2D eigenvalue weighted by Crippen LogP contribution is 2.41. The maximum Gasteiger partial charge on any atom is 0.0332 e. The average Bonchev–Trinajstić information content (AvgIpc) is 2.89. The number of hydrogen-bond acceptors (Lipinski definition) is 0. The SMILES string of the molecule is C=C/C=c1/ccc(-c2cccc3c(Br)c4cccc(-c5ccc6ccccc6c5)c4cc23)cc1=C. The van der Waals surface area contributed by atoms with Gasteiger partial charge in [-0.05, 0) is 99.1 Å². The minimum atomic E-state index is 0.996. The van der Waals surface area contributed by atoms with Crippen molar-refractivity contribution in [3.63, 3.8) is 0 Å². The molecule has 0 saturated heterocycles. The summed E-state index contributed by atoms with van der Waals surface area (Å²) in [6.07, 6.45) is 3.80. The molecule has 0 unspecified atom stereocenters. The van der Waals surface area contributed by atoms with Crippen LogP contribution in [0.2, 0.25) is 0 Å². The largest absolute Gasteiger partial charge is 0.0990 e. The Labute approximate surface area is 213 Å². The molecule has 6 rings (SSSR count). The summed E-state index contributed by atoms with van der Waals surface area (Å²) in [6, 6.07) is 37.2. The molecule has 0 heterocycles. The minimum absolute atomic E-state index is 0.996. The molecule has 0 atom stereocenters. The quantitative estimate of drug-likeness (QED) is 0.209. The topological polar surface area (TPSA) is 0 Å². The number of halogens is 1. The van der Waals surface area contributed by atoms with Gasteiger partial charge in [0.1, 0.15) is 0 Å². The number of hydrogen-bond donors (Lipinski definition) is 0. The Kier molecular flexibility index (Phi) is 5.36. The zero-order valence-electron chi connectivity index (χ0n) is 19.3.